The van der Waals surface area contributed by atoms with E-state index in [0.29, 0.717) is 6.04 Å². The van der Waals surface area contributed by atoms with Crippen molar-refractivity contribution in [1.82, 2.24) is 4.90 Å². The van der Waals surface area contributed by atoms with E-state index in [-0.39, 0.29) is 23.2 Å². The zero-order valence-electron chi connectivity index (χ0n) is 19.4. The largest absolute Gasteiger partial charge is 0.403 e. The number of hydrogen-bond acceptors (Lipinski definition) is 3. The summed E-state index contributed by atoms with van der Waals surface area (Å²) in [6.45, 7) is 9.32. The van der Waals surface area contributed by atoms with Crippen molar-refractivity contribution in [2.24, 2.45) is 0 Å². The molecule has 164 valence electrons. The first kappa shape index (κ1) is 22.3. The Hall–Kier alpha value is -1.93. The average molecular weight is 433 g/mol. The highest BCUT2D eigenvalue weighted by Gasteiger charge is 2.53. The molecule has 31 heavy (non-hydrogen) atoms. The standard InChI is InChI=1S/C27H36N2OSi/c1-21-26(19-18-22-12-11-13-23(20-28)29(21)22)30-31(27(2,3)4,24-14-7-5-8-15-24)25-16-9-6-10-17-25/h5-10,14-17,21-23,26H,11-13,18-19H2,1-4H3/t21-,22+,23+,26+/m0/s1. The summed E-state index contributed by atoms with van der Waals surface area (Å²) in [5.74, 6) is 0. The van der Waals surface area contributed by atoms with Gasteiger partial charge < -0.3 is 4.43 Å². The number of nitriles is 1. The van der Waals surface area contributed by atoms with Crippen LogP contribution in [0.2, 0.25) is 5.04 Å². The molecule has 3 nitrogen and oxygen atoms in total. The molecule has 0 bridgehead atoms. The van der Waals surface area contributed by atoms with E-state index in [4.69, 9.17) is 4.43 Å². The van der Waals surface area contributed by atoms with Crippen molar-refractivity contribution in [3.63, 3.8) is 0 Å². The fourth-order valence-corrected chi connectivity index (χ4v) is 10.8. The Morgan fingerprint density at radius 3 is 2.00 bits per heavy atom. The van der Waals surface area contributed by atoms with Crippen LogP contribution in [0.15, 0.2) is 60.7 Å². The van der Waals surface area contributed by atoms with Gasteiger partial charge in [-0.25, -0.2) is 0 Å². The molecule has 0 unspecified atom stereocenters. The van der Waals surface area contributed by atoms with Crippen LogP contribution < -0.4 is 10.4 Å². The van der Waals surface area contributed by atoms with E-state index in [1.165, 1.54) is 23.2 Å². The van der Waals surface area contributed by atoms with Crippen LogP contribution in [-0.2, 0) is 4.43 Å². The second-order valence-electron chi connectivity index (χ2n) is 10.3. The second kappa shape index (κ2) is 8.90. The smallest absolute Gasteiger partial charge is 0.261 e. The molecule has 2 saturated heterocycles. The fourth-order valence-electron chi connectivity index (χ4n) is 6.01. The first-order chi connectivity index (χ1) is 14.9. The van der Waals surface area contributed by atoms with E-state index >= 15 is 0 Å². The van der Waals surface area contributed by atoms with Crippen LogP contribution in [0.1, 0.15) is 59.8 Å². The fraction of sp³-hybridized carbons (Fsp3) is 0.519. The molecule has 4 atom stereocenters. The predicted octanol–water partition coefficient (Wildman–Crippen LogP) is 4.86. The van der Waals surface area contributed by atoms with Gasteiger partial charge in [0.2, 0.25) is 0 Å². The Bertz CT molecular complexity index is 863. The van der Waals surface area contributed by atoms with E-state index in [2.05, 4.69) is 99.3 Å². The van der Waals surface area contributed by atoms with Gasteiger partial charge in [0.15, 0.2) is 0 Å². The van der Waals surface area contributed by atoms with Gasteiger partial charge >= 0.3 is 0 Å². The number of piperidine rings is 2. The summed E-state index contributed by atoms with van der Waals surface area (Å²) in [6, 6.07) is 25.2. The molecule has 4 heteroatoms. The monoisotopic (exact) mass is 432 g/mol. The molecule has 0 N–H and O–H groups in total. The molecular weight excluding hydrogens is 396 g/mol. The van der Waals surface area contributed by atoms with Gasteiger partial charge in [-0.15, -0.1) is 0 Å². The molecule has 0 aromatic heterocycles. The van der Waals surface area contributed by atoms with E-state index in [1.54, 1.807) is 0 Å². The second-order valence-corrected chi connectivity index (χ2v) is 14.6. The van der Waals surface area contributed by atoms with Crippen LogP contribution in [0.5, 0.6) is 0 Å². The Morgan fingerprint density at radius 1 is 0.903 bits per heavy atom. The van der Waals surface area contributed by atoms with Crippen LogP contribution >= 0.6 is 0 Å². The topological polar surface area (TPSA) is 36.3 Å². The first-order valence-electron chi connectivity index (χ1n) is 11.8. The minimum Gasteiger partial charge on any atom is -0.403 e. The predicted molar refractivity (Wildman–Crippen MR) is 130 cm³/mol. The molecule has 2 aromatic carbocycles. The minimum absolute atomic E-state index is 0.0250. The normalized spacial score (nSPS) is 27.3. The summed E-state index contributed by atoms with van der Waals surface area (Å²) in [5.41, 5.74) is 0. The molecular formula is C27H36N2OSi. The summed E-state index contributed by atoms with van der Waals surface area (Å²) >= 11 is 0. The Labute approximate surface area is 189 Å². The van der Waals surface area contributed by atoms with Gasteiger partial charge in [-0.2, -0.15) is 5.26 Å². The summed E-state index contributed by atoms with van der Waals surface area (Å²) in [6.07, 6.45) is 5.72. The van der Waals surface area contributed by atoms with Crippen molar-refractivity contribution in [2.75, 3.05) is 0 Å². The Kier molecular flexibility index (Phi) is 6.39. The van der Waals surface area contributed by atoms with E-state index < -0.39 is 8.32 Å². The third-order valence-corrected chi connectivity index (χ3v) is 12.5. The molecule has 4 rings (SSSR count). The summed E-state index contributed by atoms with van der Waals surface area (Å²) in [7, 11) is -2.58. The van der Waals surface area contributed by atoms with Crippen molar-refractivity contribution in [3.05, 3.63) is 60.7 Å². The molecule has 2 aromatic rings. The van der Waals surface area contributed by atoms with Crippen molar-refractivity contribution in [1.29, 1.82) is 5.26 Å². The molecule has 2 aliphatic rings. The van der Waals surface area contributed by atoms with Gasteiger partial charge in [-0.1, -0.05) is 81.4 Å². The van der Waals surface area contributed by atoms with E-state index in [0.717, 1.165) is 19.3 Å². The lowest BCUT2D eigenvalue weighted by atomic mass is 9.85. The van der Waals surface area contributed by atoms with Gasteiger partial charge in [-0.3, -0.25) is 4.90 Å². The summed E-state index contributed by atoms with van der Waals surface area (Å²) < 4.78 is 7.46. The Balaban J connectivity index is 1.78. The van der Waals surface area contributed by atoms with Gasteiger partial charge in [0.25, 0.3) is 8.32 Å². The van der Waals surface area contributed by atoms with Crippen LogP contribution in [0.4, 0.5) is 0 Å². The van der Waals surface area contributed by atoms with Crippen molar-refractivity contribution in [2.45, 2.75) is 89.1 Å². The maximum Gasteiger partial charge on any atom is 0.261 e. The van der Waals surface area contributed by atoms with Crippen LogP contribution in [0.25, 0.3) is 0 Å². The van der Waals surface area contributed by atoms with Crippen LogP contribution in [0, 0.1) is 11.3 Å². The third-order valence-electron chi connectivity index (χ3n) is 7.48. The lowest BCUT2D eigenvalue weighted by Crippen LogP contribution is -2.70. The van der Waals surface area contributed by atoms with Crippen molar-refractivity contribution < 1.29 is 4.43 Å². The van der Waals surface area contributed by atoms with Gasteiger partial charge in [0.05, 0.1) is 18.2 Å². The SMILES string of the molecule is C[C@H]1[C@H](O[Si](c2ccccc2)(c2ccccc2)C(C)(C)C)CC[C@H]2CCC[C@H](C#N)N21. The average Bonchev–Trinajstić information content (AvgIpc) is 2.78. The number of hydrogen-bond donors (Lipinski definition) is 0. The lowest BCUT2D eigenvalue weighted by molar-refractivity contribution is -0.0374. The highest BCUT2D eigenvalue weighted by atomic mass is 28.4. The van der Waals surface area contributed by atoms with Crippen molar-refractivity contribution in [3.8, 4) is 6.07 Å². The van der Waals surface area contributed by atoms with Gasteiger partial charge in [0, 0.05) is 12.1 Å². The first-order valence-corrected chi connectivity index (χ1v) is 13.7. The molecule has 2 aliphatic heterocycles. The molecule has 0 amide bonds. The molecule has 0 aliphatic carbocycles. The molecule has 2 fully saturated rings. The van der Waals surface area contributed by atoms with E-state index in [9.17, 15) is 5.26 Å². The molecule has 0 radical (unpaired) electrons. The Morgan fingerprint density at radius 2 is 1.48 bits per heavy atom. The lowest BCUT2D eigenvalue weighted by Gasteiger charge is -2.53. The number of fused-ring (bicyclic) bond motifs is 1. The third kappa shape index (κ3) is 4.00. The zero-order chi connectivity index (χ0) is 22.1. The van der Waals surface area contributed by atoms with E-state index in [1.807, 2.05) is 0 Å². The summed E-state index contributed by atoms with van der Waals surface area (Å²) in [5, 5.41) is 12.5. The maximum absolute atomic E-state index is 9.83. The van der Waals surface area contributed by atoms with Gasteiger partial charge in [0.1, 0.15) is 0 Å². The number of benzene rings is 2. The summed E-state index contributed by atoms with van der Waals surface area (Å²) in [4.78, 5) is 2.50. The maximum atomic E-state index is 9.83. The van der Waals surface area contributed by atoms with Crippen LogP contribution in [0.3, 0.4) is 0 Å². The minimum atomic E-state index is -2.58. The molecule has 2 heterocycles. The highest BCUT2D eigenvalue weighted by molar-refractivity contribution is 6.99. The quantitative estimate of drug-likeness (QED) is 0.647. The number of nitrogens with zero attached hydrogens (tertiary/aromatic N) is 2. The van der Waals surface area contributed by atoms with Crippen molar-refractivity contribution >= 4 is 18.7 Å². The van der Waals surface area contributed by atoms with Gasteiger partial charge in [-0.05, 0) is 54.4 Å². The van der Waals surface area contributed by atoms with Crippen LogP contribution in [-0.4, -0.2) is 37.4 Å². The molecule has 0 saturated carbocycles. The molecule has 0 spiro atoms. The number of rotatable bonds is 4. The highest BCUT2D eigenvalue weighted by Crippen LogP contribution is 2.41. The zero-order valence-corrected chi connectivity index (χ0v) is 20.4.